The largest absolute Gasteiger partial charge is 0.497 e. The van der Waals surface area contributed by atoms with Crippen LogP contribution in [0, 0.1) is 13.8 Å². The summed E-state index contributed by atoms with van der Waals surface area (Å²) in [6.07, 6.45) is 2.65. The molecule has 0 saturated carbocycles. The Hall–Kier alpha value is -2.38. The fourth-order valence-corrected chi connectivity index (χ4v) is 4.28. The molecule has 2 aromatic rings. The van der Waals surface area contributed by atoms with Crippen LogP contribution in [0.3, 0.4) is 0 Å². The van der Waals surface area contributed by atoms with E-state index in [0.717, 1.165) is 41.9 Å². The van der Waals surface area contributed by atoms with Gasteiger partial charge in [-0.2, -0.15) is 0 Å². The number of thioether (sulfide) groups is 1. The molecule has 1 fully saturated rings. The van der Waals surface area contributed by atoms with Crippen LogP contribution in [-0.2, 0) is 11.3 Å². The molecule has 2 aliphatic heterocycles. The molecule has 0 radical (unpaired) electrons. The van der Waals surface area contributed by atoms with Crippen LogP contribution in [0.15, 0.2) is 40.7 Å². The Bertz CT molecular complexity index is 896. The second-order valence-electron chi connectivity index (χ2n) is 7.04. The molecule has 0 amide bonds. The molecule has 0 bridgehead atoms. The molecular weight excluding hydrogens is 372 g/mol. The summed E-state index contributed by atoms with van der Waals surface area (Å²) in [4.78, 5) is 4.62. The van der Waals surface area contributed by atoms with Crippen molar-refractivity contribution in [3.63, 3.8) is 0 Å². The van der Waals surface area contributed by atoms with Crippen LogP contribution in [0.1, 0.15) is 29.8 Å². The first-order chi connectivity index (χ1) is 13.6. The van der Waals surface area contributed by atoms with Gasteiger partial charge in [0.15, 0.2) is 5.17 Å². The lowest BCUT2D eigenvalue weighted by molar-refractivity contribution is 0.0962. The zero-order chi connectivity index (χ0) is 19.5. The van der Waals surface area contributed by atoms with E-state index >= 15 is 0 Å². The summed E-state index contributed by atoms with van der Waals surface area (Å²) in [5.74, 6) is 0.826. The first kappa shape index (κ1) is 19.0. The van der Waals surface area contributed by atoms with Gasteiger partial charge in [0.05, 0.1) is 24.6 Å². The van der Waals surface area contributed by atoms with Crippen LogP contribution < -0.4 is 15.6 Å². The summed E-state index contributed by atoms with van der Waals surface area (Å²) in [6, 6.07) is 9.92. The highest BCUT2D eigenvalue weighted by atomic mass is 32.2. The highest BCUT2D eigenvalue weighted by Gasteiger charge is 2.21. The lowest BCUT2D eigenvalue weighted by Crippen LogP contribution is -2.36. The predicted molar refractivity (Wildman–Crippen MR) is 115 cm³/mol. The van der Waals surface area contributed by atoms with Crippen LogP contribution >= 0.6 is 11.8 Å². The van der Waals surface area contributed by atoms with Crippen molar-refractivity contribution in [1.82, 2.24) is 15.4 Å². The summed E-state index contributed by atoms with van der Waals surface area (Å²) in [6.45, 7) is 6.15. The number of hydrazine groups is 1. The second-order valence-corrected chi connectivity index (χ2v) is 7.90. The average Bonchev–Trinajstić information content (AvgIpc) is 3.33. The number of aliphatic imine (C=N–C) groups is 1. The average molecular weight is 399 g/mol. The number of aromatic nitrogens is 1. The first-order valence-corrected chi connectivity index (χ1v) is 10.4. The predicted octanol–water partition coefficient (Wildman–Crippen LogP) is 4.12. The standard InChI is InChI=1S/C21H26N4O2S/c1-14-11-19(15(2)25(14)12-18-5-4-10-27-18)20-13-28-21(24-23-20)22-16-6-8-17(26-3)9-7-16/h6-9,11,13,18,23H,4-5,10,12H2,1-3H3,(H,22,24)/t18-/m0/s1. The van der Waals surface area contributed by atoms with Gasteiger partial charge in [-0.1, -0.05) is 11.8 Å². The van der Waals surface area contributed by atoms with Gasteiger partial charge in [0, 0.05) is 35.5 Å². The molecule has 28 heavy (non-hydrogen) atoms. The molecule has 4 rings (SSSR count). The molecule has 1 saturated heterocycles. The molecule has 1 aromatic carbocycles. The molecule has 2 aliphatic rings. The topological polar surface area (TPSA) is 59.8 Å². The maximum Gasteiger partial charge on any atom is 0.184 e. The van der Waals surface area contributed by atoms with Gasteiger partial charge in [-0.15, -0.1) is 0 Å². The molecule has 0 unspecified atom stereocenters. The van der Waals surface area contributed by atoms with E-state index in [2.05, 4.69) is 45.7 Å². The van der Waals surface area contributed by atoms with Crippen molar-refractivity contribution in [2.75, 3.05) is 13.7 Å². The minimum atomic E-state index is 0.335. The third kappa shape index (κ3) is 4.05. The molecule has 6 nitrogen and oxygen atoms in total. The molecule has 2 N–H and O–H groups in total. The van der Waals surface area contributed by atoms with Gasteiger partial charge >= 0.3 is 0 Å². The van der Waals surface area contributed by atoms with Gasteiger partial charge in [-0.3, -0.25) is 10.9 Å². The highest BCUT2D eigenvalue weighted by Crippen LogP contribution is 2.28. The molecular formula is C21H26N4O2S. The van der Waals surface area contributed by atoms with E-state index in [4.69, 9.17) is 9.47 Å². The first-order valence-electron chi connectivity index (χ1n) is 9.54. The zero-order valence-electron chi connectivity index (χ0n) is 16.5. The molecule has 0 aliphatic carbocycles. The van der Waals surface area contributed by atoms with E-state index in [0.29, 0.717) is 6.10 Å². The maximum absolute atomic E-state index is 5.82. The van der Waals surface area contributed by atoms with Gasteiger partial charge in [0.1, 0.15) is 5.75 Å². The number of methoxy groups -OCH3 is 1. The summed E-state index contributed by atoms with van der Waals surface area (Å²) in [5.41, 5.74) is 12.2. The Morgan fingerprint density at radius 1 is 1.25 bits per heavy atom. The number of hydrogen-bond acceptors (Lipinski definition) is 5. The van der Waals surface area contributed by atoms with Gasteiger partial charge in [0.2, 0.25) is 0 Å². The minimum Gasteiger partial charge on any atom is -0.497 e. The Labute approximate surface area is 170 Å². The van der Waals surface area contributed by atoms with E-state index in [9.17, 15) is 0 Å². The number of rotatable bonds is 5. The number of hydrogen-bond donors (Lipinski definition) is 2. The van der Waals surface area contributed by atoms with Gasteiger partial charge < -0.3 is 14.0 Å². The molecule has 1 aromatic heterocycles. The Balaban J connectivity index is 1.48. The quantitative estimate of drug-likeness (QED) is 0.793. The number of nitrogens with zero attached hydrogens (tertiary/aromatic N) is 2. The maximum atomic E-state index is 5.82. The minimum absolute atomic E-state index is 0.335. The number of ether oxygens (including phenoxy) is 2. The highest BCUT2D eigenvalue weighted by molar-refractivity contribution is 8.16. The normalized spacial score (nSPS) is 20.6. The van der Waals surface area contributed by atoms with Gasteiger partial charge in [-0.25, -0.2) is 4.99 Å². The summed E-state index contributed by atoms with van der Waals surface area (Å²) in [7, 11) is 1.66. The van der Waals surface area contributed by atoms with E-state index in [-0.39, 0.29) is 0 Å². The van der Waals surface area contributed by atoms with Crippen LogP contribution in [-0.4, -0.2) is 29.6 Å². The van der Waals surface area contributed by atoms with Crippen molar-refractivity contribution in [2.24, 2.45) is 4.99 Å². The van der Waals surface area contributed by atoms with Crippen molar-refractivity contribution in [3.8, 4) is 5.75 Å². The van der Waals surface area contributed by atoms with Crippen molar-refractivity contribution in [3.05, 3.63) is 52.7 Å². The van der Waals surface area contributed by atoms with E-state index in [1.54, 1.807) is 18.9 Å². The molecule has 148 valence electrons. The summed E-state index contributed by atoms with van der Waals surface area (Å²) < 4.78 is 13.4. The Kier molecular flexibility index (Phi) is 5.64. The van der Waals surface area contributed by atoms with Crippen LogP contribution in [0.2, 0.25) is 0 Å². The smallest absolute Gasteiger partial charge is 0.184 e. The fourth-order valence-electron chi connectivity index (χ4n) is 3.60. The lowest BCUT2D eigenvalue weighted by atomic mass is 10.2. The number of aryl methyl sites for hydroxylation is 1. The second kappa shape index (κ2) is 8.32. The third-order valence-electron chi connectivity index (χ3n) is 5.17. The molecule has 3 heterocycles. The van der Waals surface area contributed by atoms with Gasteiger partial charge in [0.25, 0.3) is 0 Å². The molecule has 0 spiro atoms. The lowest BCUT2D eigenvalue weighted by Gasteiger charge is -2.19. The third-order valence-corrected chi connectivity index (χ3v) is 5.94. The molecule has 1 atom stereocenters. The van der Waals surface area contributed by atoms with Crippen molar-refractivity contribution >= 4 is 28.3 Å². The monoisotopic (exact) mass is 398 g/mol. The van der Waals surface area contributed by atoms with E-state index in [1.165, 1.54) is 23.4 Å². The van der Waals surface area contributed by atoms with Crippen LogP contribution in [0.4, 0.5) is 5.69 Å². The number of benzene rings is 1. The van der Waals surface area contributed by atoms with Crippen LogP contribution in [0.25, 0.3) is 5.70 Å². The Morgan fingerprint density at radius 2 is 2.07 bits per heavy atom. The fraction of sp³-hybridized carbons (Fsp3) is 0.381. The summed E-state index contributed by atoms with van der Waals surface area (Å²) in [5, 5.41) is 2.92. The van der Waals surface area contributed by atoms with E-state index < -0.39 is 0 Å². The van der Waals surface area contributed by atoms with Crippen LogP contribution in [0.5, 0.6) is 5.75 Å². The number of amidine groups is 1. The van der Waals surface area contributed by atoms with Gasteiger partial charge in [-0.05, 0) is 57.0 Å². The van der Waals surface area contributed by atoms with E-state index in [1.807, 2.05) is 24.3 Å². The zero-order valence-corrected chi connectivity index (χ0v) is 17.3. The SMILES string of the molecule is COc1ccc(N=C2NNC(c3cc(C)n(C[C@@H]4CCCO4)c3C)=CS2)cc1. The van der Waals surface area contributed by atoms with Crippen molar-refractivity contribution < 1.29 is 9.47 Å². The van der Waals surface area contributed by atoms with Crippen molar-refractivity contribution in [2.45, 2.75) is 39.3 Å². The van der Waals surface area contributed by atoms with Crippen molar-refractivity contribution in [1.29, 1.82) is 0 Å². The summed E-state index contributed by atoms with van der Waals surface area (Å²) >= 11 is 1.58. The molecule has 7 heteroatoms. The number of nitrogens with one attached hydrogen (secondary N) is 2. The Morgan fingerprint density at radius 3 is 2.71 bits per heavy atom.